The van der Waals surface area contributed by atoms with Crippen molar-refractivity contribution in [1.82, 2.24) is 0 Å². The van der Waals surface area contributed by atoms with Crippen LogP contribution in [0.4, 0.5) is 0 Å². The summed E-state index contributed by atoms with van der Waals surface area (Å²) < 4.78 is 0. The van der Waals surface area contributed by atoms with Crippen LogP contribution in [0.25, 0.3) is 6.08 Å². The smallest absolute Gasteiger partial charge is 0.0465 e. The third-order valence-corrected chi connectivity index (χ3v) is 1.94. The van der Waals surface area contributed by atoms with Crippen molar-refractivity contribution in [3.63, 3.8) is 0 Å². The fourth-order valence-electron chi connectivity index (χ4n) is 0.913. The monoisotopic (exact) mass is 180 g/mol. The van der Waals surface area contributed by atoms with E-state index < -0.39 is 0 Å². The van der Waals surface area contributed by atoms with Gasteiger partial charge in [-0.1, -0.05) is 30.4 Å². The van der Waals surface area contributed by atoms with E-state index in [1.54, 1.807) is 0 Å². The topological polar surface area (TPSA) is 20.2 Å². The van der Waals surface area contributed by atoms with Crippen LogP contribution in [-0.2, 0) is 0 Å². The van der Waals surface area contributed by atoms with Crippen molar-refractivity contribution in [2.45, 2.75) is 11.3 Å². The maximum Gasteiger partial charge on any atom is 0.0465 e. The average molecular weight is 180 g/mol. The number of aliphatic hydroxyl groups excluding tert-OH is 1. The average Bonchev–Trinajstić information content (AvgIpc) is 2.09. The van der Waals surface area contributed by atoms with Gasteiger partial charge in [0.1, 0.15) is 0 Å². The molecule has 0 saturated heterocycles. The Balaban J connectivity index is 2.68. The lowest BCUT2D eigenvalue weighted by Crippen LogP contribution is -1.77. The zero-order chi connectivity index (χ0) is 8.81. The van der Waals surface area contributed by atoms with Crippen LogP contribution in [0.15, 0.2) is 35.2 Å². The number of rotatable bonds is 3. The lowest BCUT2D eigenvalue weighted by molar-refractivity contribution is 0.303. The standard InChI is InChI=1S/C10H12OS/c11-8-4-3-6-9-5-1-2-7-10(9)12/h1-3,5-7,11-12H,4,8H2. The fraction of sp³-hybridized carbons (Fsp3) is 0.200. The van der Waals surface area contributed by atoms with Gasteiger partial charge in [0, 0.05) is 11.5 Å². The van der Waals surface area contributed by atoms with Crippen molar-refractivity contribution in [3.05, 3.63) is 35.9 Å². The third kappa shape index (κ3) is 2.72. The molecule has 0 atom stereocenters. The van der Waals surface area contributed by atoms with Crippen molar-refractivity contribution in [2.75, 3.05) is 6.61 Å². The van der Waals surface area contributed by atoms with Crippen LogP contribution in [0.2, 0.25) is 0 Å². The van der Waals surface area contributed by atoms with Gasteiger partial charge in [0.15, 0.2) is 0 Å². The Labute approximate surface area is 78.2 Å². The Hall–Kier alpha value is -0.730. The Morgan fingerprint density at radius 1 is 1.33 bits per heavy atom. The minimum atomic E-state index is 0.200. The molecule has 0 aliphatic carbocycles. The van der Waals surface area contributed by atoms with Gasteiger partial charge >= 0.3 is 0 Å². The summed E-state index contributed by atoms with van der Waals surface area (Å²) in [5, 5.41) is 8.54. The summed E-state index contributed by atoms with van der Waals surface area (Å²) in [4.78, 5) is 0.965. The van der Waals surface area contributed by atoms with Crippen LogP contribution in [0.5, 0.6) is 0 Å². The first-order valence-electron chi connectivity index (χ1n) is 3.90. The molecular weight excluding hydrogens is 168 g/mol. The van der Waals surface area contributed by atoms with Gasteiger partial charge in [-0.25, -0.2) is 0 Å². The first-order valence-corrected chi connectivity index (χ1v) is 4.34. The predicted octanol–water partition coefficient (Wildman–Crippen LogP) is 2.37. The number of benzene rings is 1. The molecule has 1 aromatic rings. The highest BCUT2D eigenvalue weighted by atomic mass is 32.1. The van der Waals surface area contributed by atoms with Crippen molar-refractivity contribution >= 4 is 18.7 Å². The van der Waals surface area contributed by atoms with Crippen LogP contribution in [-0.4, -0.2) is 11.7 Å². The van der Waals surface area contributed by atoms with Crippen LogP contribution in [0.3, 0.4) is 0 Å². The molecule has 12 heavy (non-hydrogen) atoms. The normalized spacial score (nSPS) is 10.8. The number of hydrogen-bond donors (Lipinski definition) is 2. The third-order valence-electron chi connectivity index (χ3n) is 1.53. The highest BCUT2D eigenvalue weighted by Crippen LogP contribution is 2.14. The van der Waals surface area contributed by atoms with Crippen molar-refractivity contribution in [3.8, 4) is 0 Å². The molecule has 0 unspecified atom stereocenters. The van der Waals surface area contributed by atoms with Gasteiger partial charge in [-0.3, -0.25) is 0 Å². The first kappa shape index (κ1) is 9.36. The second-order valence-electron chi connectivity index (χ2n) is 2.47. The molecule has 0 heterocycles. The van der Waals surface area contributed by atoms with Crippen molar-refractivity contribution in [1.29, 1.82) is 0 Å². The quantitative estimate of drug-likeness (QED) is 0.684. The van der Waals surface area contributed by atoms with E-state index in [1.807, 2.05) is 36.4 Å². The summed E-state index contributed by atoms with van der Waals surface area (Å²) in [6.07, 6.45) is 4.61. The largest absolute Gasteiger partial charge is 0.396 e. The molecule has 0 amide bonds. The highest BCUT2D eigenvalue weighted by molar-refractivity contribution is 7.80. The summed E-state index contributed by atoms with van der Waals surface area (Å²) >= 11 is 4.29. The molecule has 0 aromatic heterocycles. The zero-order valence-corrected chi connectivity index (χ0v) is 7.67. The van der Waals surface area contributed by atoms with Gasteiger partial charge in [0.25, 0.3) is 0 Å². The molecule has 0 spiro atoms. The van der Waals surface area contributed by atoms with E-state index in [0.29, 0.717) is 6.42 Å². The summed E-state index contributed by atoms with van der Waals surface area (Å²) in [5.41, 5.74) is 1.09. The molecule has 0 bridgehead atoms. The van der Waals surface area contributed by atoms with E-state index in [0.717, 1.165) is 10.5 Å². The Bertz CT molecular complexity index is 268. The minimum absolute atomic E-state index is 0.200. The van der Waals surface area contributed by atoms with Crippen LogP contribution in [0.1, 0.15) is 12.0 Å². The number of hydrogen-bond acceptors (Lipinski definition) is 2. The molecule has 1 aromatic carbocycles. The molecule has 1 N–H and O–H groups in total. The lowest BCUT2D eigenvalue weighted by atomic mass is 10.2. The number of aliphatic hydroxyl groups is 1. The molecule has 2 heteroatoms. The molecule has 1 nitrogen and oxygen atoms in total. The molecule has 0 saturated carbocycles. The van der Waals surface area contributed by atoms with Crippen LogP contribution >= 0.6 is 12.6 Å². The molecule has 0 radical (unpaired) electrons. The van der Waals surface area contributed by atoms with E-state index in [2.05, 4.69) is 12.6 Å². The maximum absolute atomic E-state index is 8.54. The van der Waals surface area contributed by atoms with Crippen LogP contribution in [0, 0.1) is 0 Å². The molecule has 64 valence electrons. The van der Waals surface area contributed by atoms with Crippen molar-refractivity contribution in [2.24, 2.45) is 0 Å². The van der Waals surface area contributed by atoms with Gasteiger partial charge in [0.05, 0.1) is 0 Å². The highest BCUT2D eigenvalue weighted by Gasteiger charge is 1.90. The molecule has 0 fully saturated rings. The Kier molecular flexibility index (Phi) is 3.91. The molecule has 0 aliphatic heterocycles. The molecule has 1 rings (SSSR count). The fourth-order valence-corrected chi connectivity index (χ4v) is 1.15. The van der Waals surface area contributed by atoms with Gasteiger partial charge < -0.3 is 5.11 Å². The second-order valence-corrected chi connectivity index (χ2v) is 2.96. The van der Waals surface area contributed by atoms with E-state index >= 15 is 0 Å². The zero-order valence-electron chi connectivity index (χ0n) is 6.77. The van der Waals surface area contributed by atoms with E-state index in [9.17, 15) is 0 Å². The maximum atomic E-state index is 8.54. The second kappa shape index (κ2) is 5.01. The predicted molar refractivity (Wildman–Crippen MR) is 54.4 cm³/mol. The lowest BCUT2D eigenvalue weighted by Gasteiger charge is -1.96. The Morgan fingerprint density at radius 2 is 2.08 bits per heavy atom. The van der Waals surface area contributed by atoms with E-state index in [1.165, 1.54) is 0 Å². The minimum Gasteiger partial charge on any atom is -0.396 e. The summed E-state index contributed by atoms with van der Waals surface area (Å²) in [6, 6.07) is 7.86. The Morgan fingerprint density at radius 3 is 2.75 bits per heavy atom. The first-order chi connectivity index (χ1) is 5.84. The van der Waals surface area contributed by atoms with Crippen LogP contribution < -0.4 is 0 Å². The van der Waals surface area contributed by atoms with E-state index in [-0.39, 0.29) is 6.61 Å². The molecule has 0 aliphatic rings. The van der Waals surface area contributed by atoms with Crippen molar-refractivity contribution < 1.29 is 5.11 Å². The summed E-state index contributed by atoms with van der Waals surface area (Å²) in [7, 11) is 0. The van der Waals surface area contributed by atoms with Gasteiger partial charge in [-0.15, -0.1) is 12.6 Å². The molecular formula is C10H12OS. The summed E-state index contributed by atoms with van der Waals surface area (Å²) in [6.45, 7) is 0.200. The number of thiol groups is 1. The summed E-state index contributed by atoms with van der Waals surface area (Å²) in [5.74, 6) is 0. The SMILES string of the molecule is OCCC=Cc1ccccc1S. The van der Waals surface area contributed by atoms with Gasteiger partial charge in [-0.2, -0.15) is 0 Å². The van der Waals surface area contributed by atoms with E-state index in [4.69, 9.17) is 5.11 Å². The van der Waals surface area contributed by atoms with Gasteiger partial charge in [-0.05, 0) is 18.1 Å². The van der Waals surface area contributed by atoms with Gasteiger partial charge in [0.2, 0.25) is 0 Å².